The zero-order valence-corrected chi connectivity index (χ0v) is 9.26. The lowest BCUT2D eigenvalue weighted by atomic mass is 9.89. The molecule has 1 aromatic heterocycles. The van der Waals surface area contributed by atoms with Gasteiger partial charge < -0.3 is 14.4 Å². The largest absolute Gasteiger partial charge is 0.368 e. The molecule has 1 aliphatic heterocycles. The van der Waals surface area contributed by atoms with Gasteiger partial charge in [-0.3, -0.25) is 0 Å². The van der Waals surface area contributed by atoms with E-state index in [0.29, 0.717) is 12.5 Å². The van der Waals surface area contributed by atoms with Crippen LogP contribution < -0.4 is 0 Å². The number of nitrogens with zero attached hydrogens (tertiary/aromatic N) is 2. The molecule has 84 valence electrons. The van der Waals surface area contributed by atoms with Gasteiger partial charge in [0.05, 0.1) is 12.9 Å². The molecule has 2 heterocycles. The fourth-order valence-electron chi connectivity index (χ4n) is 2.30. The molecule has 1 aliphatic rings. The van der Waals surface area contributed by atoms with Crippen LogP contribution in [0.4, 0.5) is 0 Å². The van der Waals surface area contributed by atoms with Gasteiger partial charge in [0.25, 0.3) is 0 Å². The summed E-state index contributed by atoms with van der Waals surface area (Å²) in [6.07, 6.45) is 5.02. The van der Waals surface area contributed by atoms with Crippen molar-refractivity contribution < 1.29 is 9.84 Å². The van der Waals surface area contributed by atoms with Crippen LogP contribution in [0.1, 0.15) is 19.0 Å². The van der Waals surface area contributed by atoms with Crippen molar-refractivity contribution in [2.24, 2.45) is 18.9 Å². The number of imidazole rings is 1. The summed E-state index contributed by atoms with van der Waals surface area (Å²) in [6, 6.07) is 0. The summed E-state index contributed by atoms with van der Waals surface area (Å²) in [4.78, 5) is 4.09. The highest BCUT2D eigenvalue weighted by Crippen LogP contribution is 2.30. The van der Waals surface area contributed by atoms with E-state index in [9.17, 15) is 5.11 Å². The van der Waals surface area contributed by atoms with Crippen LogP contribution in [-0.2, 0) is 18.2 Å². The summed E-state index contributed by atoms with van der Waals surface area (Å²) in [7, 11) is 2.00. The minimum Gasteiger partial charge on any atom is -0.368 e. The molecule has 3 atom stereocenters. The van der Waals surface area contributed by atoms with Crippen LogP contribution in [0.3, 0.4) is 0 Å². The Kier molecular flexibility index (Phi) is 3.07. The molecule has 0 bridgehead atoms. The first-order valence-corrected chi connectivity index (χ1v) is 5.47. The van der Waals surface area contributed by atoms with E-state index >= 15 is 0 Å². The molecule has 2 rings (SSSR count). The van der Waals surface area contributed by atoms with E-state index in [1.807, 2.05) is 24.1 Å². The van der Waals surface area contributed by atoms with Crippen molar-refractivity contribution in [1.82, 2.24) is 9.55 Å². The van der Waals surface area contributed by atoms with E-state index in [1.54, 1.807) is 0 Å². The van der Waals surface area contributed by atoms with E-state index in [-0.39, 0.29) is 5.92 Å². The lowest BCUT2D eigenvalue weighted by Gasteiger charge is -2.17. The minimum atomic E-state index is -0.576. The van der Waals surface area contributed by atoms with E-state index in [0.717, 1.165) is 12.8 Å². The Morgan fingerprint density at radius 3 is 3.07 bits per heavy atom. The highest BCUT2D eigenvalue weighted by atomic mass is 16.6. The number of aliphatic hydroxyl groups is 1. The highest BCUT2D eigenvalue weighted by molar-refractivity contribution is 5.00. The molecule has 4 heteroatoms. The lowest BCUT2D eigenvalue weighted by Crippen LogP contribution is -2.21. The summed E-state index contributed by atoms with van der Waals surface area (Å²) in [6.45, 7) is 2.75. The van der Waals surface area contributed by atoms with Crippen LogP contribution in [0.5, 0.6) is 0 Å². The summed E-state index contributed by atoms with van der Waals surface area (Å²) >= 11 is 0. The van der Waals surface area contributed by atoms with E-state index < -0.39 is 6.29 Å². The number of aryl methyl sites for hydroxylation is 1. The lowest BCUT2D eigenvalue weighted by molar-refractivity contribution is -0.0827. The van der Waals surface area contributed by atoms with Crippen molar-refractivity contribution in [2.45, 2.75) is 26.1 Å². The maximum atomic E-state index is 9.61. The average molecular weight is 210 g/mol. The van der Waals surface area contributed by atoms with Gasteiger partial charge in [-0.05, 0) is 18.8 Å². The van der Waals surface area contributed by atoms with Crippen molar-refractivity contribution in [1.29, 1.82) is 0 Å². The first kappa shape index (κ1) is 10.6. The van der Waals surface area contributed by atoms with Gasteiger partial charge in [0.15, 0.2) is 6.29 Å². The second kappa shape index (κ2) is 4.33. The van der Waals surface area contributed by atoms with Crippen LogP contribution in [-0.4, -0.2) is 27.6 Å². The van der Waals surface area contributed by atoms with Gasteiger partial charge in [0.2, 0.25) is 0 Å². The molecule has 0 saturated carbocycles. The van der Waals surface area contributed by atoms with Crippen molar-refractivity contribution >= 4 is 0 Å². The standard InChI is InChI=1S/C11H18N2O2/c1-3-10-8(6-15-11(10)14)4-9-5-12-7-13(9)2/h5,7-8,10-11,14H,3-4,6H2,1-2H3/t8-,10+,11?/m0/s1. The molecule has 1 N–H and O–H groups in total. The van der Waals surface area contributed by atoms with Gasteiger partial charge in [0.1, 0.15) is 0 Å². The number of aromatic nitrogens is 2. The molecular formula is C11H18N2O2. The number of hydrogen-bond acceptors (Lipinski definition) is 3. The number of rotatable bonds is 3. The predicted molar refractivity (Wildman–Crippen MR) is 56.1 cm³/mol. The van der Waals surface area contributed by atoms with Gasteiger partial charge >= 0.3 is 0 Å². The first-order chi connectivity index (χ1) is 7.22. The molecule has 1 saturated heterocycles. The second-order valence-corrected chi connectivity index (χ2v) is 4.26. The summed E-state index contributed by atoms with van der Waals surface area (Å²) < 4.78 is 7.31. The molecule has 1 aromatic rings. The average Bonchev–Trinajstić information content (AvgIpc) is 2.76. The topological polar surface area (TPSA) is 47.3 Å². The third-order valence-electron chi connectivity index (χ3n) is 3.31. The van der Waals surface area contributed by atoms with E-state index in [2.05, 4.69) is 11.9 Å². The van der Waals surface area contributed by atoms with Crippen LogP contribution >= 0.6 is 0 Å². The molecule has 0 aliphatic carbocycles. The monoisotopic (exact) mass is 210 g/mol. The van der Waals surface area contributed by atoms with Crippen molar-refractivity contribution in [3.8, 4) is 0 Å². The SMILES string of the molecule is CC[C@H]1C(O)OC[C@@H]1Cc1cncn1C. The zero-order valence-electron chi connectivity index (χ0n) is 9.26. The Morgan fingerprint density at radius 1 is 1.67 bits per heavy atom. The van der Waals surface area contributed by atoms with Crippen molar-refractivity contribution in [2.75, 3.05) is 6.61 Å². The number of ether oxygens (including phenoxy) is 1. The smallest absolute Gasteiger partial charge is 0.157 e. The fraction of sp³-hybridized carbons (Fsp3) is 0.727. The Labute approximate surface area is 89.9 Å². The Morgan fingerprint density at radius 2 is 2.47 bits per heavy atom. The maximum absolute atomic E-state index is 9.61. The molecule has 0 spiro atoms. The highest BCUT2D eigenvalue weighted by Gasteiger charge is 2.34. The molecule has 1 unspecified atom stereocenters. The van der Waals surface area contributed by atoms with E-state index in [1.165, 1.54) is 5.69 Å². The summed E-state index contributed by atoms with van der Waals surface area (Å²) in [5, 5.41) is 9.61. The second-order valence-electron chi connectivity index (χ2n) is 4.26. The summed E-state index contributed by atoms with van der Waals surface area (Å²) in [5.41, 5.74) is 1.20. The van der Waals surface area contributed by atoms with Gasteiger partial charge in [-0.1, -0.05) is 6.92 Å². The quantitative estimate of drug-likeness (QED) is 0.808. The first-order valence-electron chi connectivity index (χ1n) is 5.47. The minimum absolute atomic E-state index is 0.264. The molecule has 0 aromatic carbocycles. The predicted octanol–water partition coefficient (Wildman–Crippen LogP) is 0.954. The van der Waals surface area contributed by atoms with E-state index in [4.69, 9.17) is 4.74 Å². The Bertz CT molecular complexity index is 324. The van der Waals surface area contributed by atoms with Crippen molar-refractivity contribution in [3.05, 3.63) is 18.2 Å². The maximum Gasteiger partial charge on any atom is 0.157 e. The normalized spacial score (nSPS) is 31.0. The van der Waals surface area contributed by atoms with Crippen LogP contribution in [0.2, 0.25) is 0 Å². The number of aliphatic hydroxyl groups excluding tert-OH is 1. The molecule has 0 radical (unpaired) electrons. The van der Waals surface area contributed by atoms with Crippen molar-refractivity contribution in [3.63, 3.8) is 0 Å². The van der Waals surface area contributed by atoms with Gasteiger partial charge in [0, 0.05) is 24.9 Å². The van der Waals surface area contributed by atoms with Gasteiger partial charge in [-0.15, -0.1) is 0 Å². The Balaban J connectivity index is 2.03. The van der Waals surface area contributed by atoms with Gasteiger partial charge in [-0.2, -0.15) is 0 Å². The fourth-order valence-corrected chi connectivity index (χ4v) is 2.30. The van der Waals surface area contributed by atoms with Crippen LogP contribution in [0, 0.1) is 11.8 Å². The molecule has 4 nitrogen and oxygen atoms in total. The molecule has 1 fully saturated rings. The molecule has 0 amide bonds. The number of hydrogen-bond donors (Lipinski definition) is 1. The van der Waals surface area contributed by atoms with Crippen LogP contribution in [0.15, 0.2) is 12.5 Å². The third kappa shape index (κ3) is 2.06. The molecular weight excluding hydrogens is 192 g/mol. The Hall–Kier alpha value is -0.870. The van der Waals surface area contributed by atoms with Crippen LogP contribution in [0.25, 0.3) is 0 Å². The summed E-state index contributed by atoms with van der Waals surface area (Å²) in [5.74, 6) is 0.681. The molecule has 15 heavy (non-hydrogen) atoms. The zero-order chi connectivity index (χ0) is 10.8. The van der Waals surface area contributed by atoms with Gasteiger partial charge in [-0.25, -0.2) is 4.98 Å². The third-order valence-corrected chi connectivity index (χ3v) is 3.31.